The minimum atomic E-state index is -0.551. The first-order valence-corrected chi connectivity index (χ1v) is 9.56. The van der Waals surface area contributed by atoms with E-state index < -0.39 is 6.09 Å². The molecule has 0 saturated heterocycles. The molecular weight excluding hydrogens is 342 g/mol. The molecule has 27 heavy (non-hydrogen) atoms. The van der Waals surface area contributed by atoms with Gasteiger partial charge in [-0.25, -0.2) is 9.78 Å². The van der Waals surface area contributed by atoms with E-state index in [0.717, 1.165) is 29.5 Å². The number of nitrogens with one attached hydrogen (secondary N) is 2. The number of aromatic nitrogens is 1. The number of rotatable bonds is 9. The minimum absolute atomic E-state index is 0.157. The van der Waals surface area contributed by atoms with Crippen LogP contribution in [0.15, 0.2) is 43.1 Å². The van der Waals surface area contributed by atoms with Crippen LogP contribution < -0.4 is 15.4 Å². The average molecular weight is 369 g/mol. The van der Waals surface area contributed by atoms with Gasteiger partial charge in [0.15, 0.2) is 0 Å². The van der Waals surface area contributed by atoms with Crippen molar-refractivity contribution < 1.29 is 14.3 Å². The molecular formula is C21H27N3O3. The maximum absolute atomic E-state index is 11.7. The lowest BCUT2D eigenvalue weighted by Gasteiger charge is -2.12. The van der Waals surface area contributed by atoms with Crippen LogP contribution in [0.25, 0.3) is 10.8 Å². The molecule has 0 unspecified atom stereocenters. The zero-order valence-electron chi connectivity index (χ0n) is 15.6. The van der Waals surface area contributed by atoms with Crippen LogP contribution in [0.3, 0.4) is 0 Å². The second-order valence-electron chi connectivity index (χ2n) is 6.69. The molecule has 2 aromatic rings. The SMILES string of the molecule is C=CCOC(=O)Nc1nccc2cc(OCCCNC3CCCC3)ccc12. The third-order valence-electron chi connectivity index (χ3n) is 4.67. The van der Waals surface area contributed by atoms with Gasteiger partial charge in [-0.1, -0.05) is 25.5 Å². The maximum atomic E-state index is 11.7. The predicted octanol–water partition coefficient (Wildman–Crippen LogP) is 4.27. The van der Waals surface area contributed by atoms with Gasteiger partial charge in [0, 0.05) is 17.6 Å². The van der Waals surface area contributed by atoms with Crippen LogP contribution in [0.1, 0.15) is 32.1 Å². The van der Waals surface area contributed by atoms with Crippen molar-refractivity contribution in [3.05, 3.63) is 43.1 Å². The Morgan fingerprint density at radius 2 is 2.15 bits per heavy atom. The summed E-state index contributed by atoms with van der Waals surface area (Å²) in [4.78, 5) is 16.0. The van der Waals surface area contributed by atoms with Crippen molar-refractivity contribution in [1.29, 1.82) is 0 Å². The summed E-state index contributed by atoms with van der Waals surface area (Å²) >= 11 is 0. The molecule has 1 aliphatic rings. The molecule has 1 amide bonds. The molecule has 0 atom stereocenters. The number of hydrogen-bond acceptors (Lipinski definition) is 5. The van der Waals surface area contributed by atoms with Crippen LogP contribution in [0.2, 0.25) is 0 Å². The summed E-state index contributed by atoms with van der Waals surface area (Å²) in [5.74, 6) is 1.28. The monoisotopic (exact) mass is 369 g/mol. The lowest BCUT2D eigenvalue weighted by atomic mass is 10.1. The summed E-state index contributed by atoms with van der Waals surface area (Å²) in [6, 6.07) is 8.35. The molecule has 1 aromatic heterocycles. The van der Waals surface area contributed by atoms with E-state index >= 15 is 0 Å². The summed E-state index contributed by atoms with van der Waals surface area (Å²) in [7, 11) is 0. The number of benzene rings is 1. The topological polar surface area (TPSA) is 72.5 Å². The van der Waals surface area contributed by atoms with Gasteiger partial charge >= 0.3 is 6.09 Å². The smallest absolute Gasteiger partial charge is 0.413 e. The van der Waals surface area contributed by atoms with Gasteiger partial charge in [-0.15, -0.1) is 0 Å². The Hall–Kier alpha value is -2.60. The van der Waals surface area contributed by atoms with Crippen molar-refractivity contribution in [2.45, 2.75) is 38.1 Å². The van der Waals surface area contributed by atoms with E-state index in [4.69, 9.17) is 9.47 Å². The molecule has 1 aromatic carbocycles. The Morgan fingerprint density at radius 3 is 2.96 bits per heavy atom. The van der Waals surface area contributed by atoms with Gasteiger partial charge in [-0.05, 0) is 55.5 Å². The van der Waals surface area contributed by atoms with Gasteiger partial charge in [-0.3, -0.25) is 5.32 Å². The van der Waals surface area contributed by atoms with E-state index in [1.54, 1.807) is 6.20 Å². The number of carbonyl (C=O) groups is 1. The van der Waals surface area contributed by atoms with E-state index in [9.17, 15) is 4.79 Å². The molecule has 1 saturated carbocycles. The van der Waals surface area contributed by atoms with E-state index in [1.165, 1.54) is 31.8 Å². The number of ether oxygens (including phenoxy) is 2. The fourth-order valence-corrected chi connectivity index (χ4v) is 3.31. The highest BCUT2D eigenvalue weighted by atomic mass is 16.5. The highest BCUT2D eigenvalue weighted by Gasteiger charge is 2.13. The lowest BCUT2D eigenvalue weighted by molar-refractivity contribution is 0.174. The van der Waals surface area contributed by atoms with Crippen molar-refractivity contribution in [2.75, 3.05) is 25.1 Å². The fourth-order valence-electron chi connectivity index (χ4n) is 3.31. The van der Waals surface area contributed by atoms with Crippen molar-refractivity contribution in [3.8, 4) is 5.75 Å². The van der Waals surface area contributed by atoms with Gasteiger partial charge in [0.2, 0.25) is 0 Å². The van der Waals surface area contributed by atoms with Gasteiger partial charge < -0.3 is 14.8 Å². The molecule has 1 fully saturated rings. The van der Waals surface area contributed by atoms with E-state index in [-0.39, 0.29) is 6.61 Å². The van der Waals surface area contributed by atoms with Crippen LogP contribution in [0.4, 0.5) is 10.6 Å². The molecule has 1 heterocycles. The van der Waals surface area contributed by atoms with Crippen molar-refractivity contribution in [1.82, 2.24) is 10.3 Å². The predicted molar refractivity (Wildman–Crippen MR) is 107 cm³/mol. The average Bonchev–Trinajstić information content (AvgIpc) is 3.19. The molecule has 2 N–H and O–H groups in total. The molecule has 0 bridgehead atoms. The molecule has 3 rings (SSSR count). The molecule has 0 aliphatic heterocycles. The molecule has 0 spiro atoms. The third-order valence-corrected chi connectivity index (χ3v) is 4.67. The first-order valence-electron chi connectivity index (χ1n) is 9.56. The molecule has 6 heteroatoms. The summed E-state index contributed by atoms with van der Waals surface area (Å²) in [6.45, 7) is 5.34. The van der Waals surface area contributed by atoms with E-state index in [0.29, 0.717) is 18.5 Å². The van der Waals surface area contributed by atoms with Gasteiger partial charge in [-0.2, -0.15) is 0 Å². The number of hydrogen-bond donors (Lipinski definition) is 2. The standard InChI is InChI=1S/C21H27N3O3/c1-2-13-27-21(25)24-20-19-9-8-18(15-16(19)10-12-23-20)26-14-5-11-22-17-6-3-4-7-17/h2,8-10,12,15,17,22H,1,3-7,11,13-14H2,(H,23,24,25). The Labute approximate surface area is 160 Å². The number of anilines is 1. The summed E-state index contributed by atoms with van der Waals surface area (Å²) in [6.07, 6.45) is 8.90. The Kier molecular flexibility index (Phi) is 7.04. The summed E-state index contributed by atoms with van der Waals surface area (Å²) < 4.78 is 10.8. The fraction of sp³-hybridized carbons (Fsp3) is 0.429. The molecule has 6 nitrogen and oxygen atoms in total. The summed E-state index contributed by atoms with van der Waals surface area (Å²) in [5.41, 5.74) is 0. The zero-order valence-corrected chi connectivity index (χ0v) is 15.6. The van der Waals surface area contributed by atoms with Crippen molar-refractivity contribution in [3.63, 3.8) is 0 Å². The molecule has 144 valence electrons. The van der Waals surface area contributed by atoms with Gasteiger partial charge in [0.1, 0.15) is 18.2 Å². The van der Waals surface area contributed by atoms with Crippen LogP contribution in [0, 0.1) is 0 Å². The Balaban J connectivity index is 1.52. The lowest BCUT2D eigenvalue weighted by Crippen LogP contribution is -2.27. The highest BCUT2D eigenvalue weighted by Crippen LogP contribution is 2.25. The van der Waals surface area contributed by atoms with Crippen molar-refractivity contribution in [2.24, 2.45) is 0 Å². The van der Waals surface area contributed by atoms with Crippen LogP contribution >= 0.6 is 0 Å². The van der Waals surface area contributed by atoms with Crippen molar-refractivity contribution >= 4 is 22.7 Å². The maximum Gasteiger partial charge on any atom is 0.413 e. The Bertz CT molecular complexity index is 772. The quantitative estimate of drug-likeness (QED) is 0.510. The second-order valence-corrected chi connectivity index (χ2v) is 6.69. The van der Waals surface area contributed by atoms with Gasteiger partial charge in [0.05, 0.1) is 6.61 Å². The molecule has 1 aliphatic carbocycles. The first kappa shape index (κ1) is 19.2. The number of pyridine rings is 1. The molecule has 0 radical (unpaired) electrons. The van der Waals surface area contributed by atoms with E-state index in [2.05, 4.69) is 22.2 Å². The Morgan fingerprint density at radius 1 is 1.30 bits per heavy atom. The van der Waals surface area contributed by atoms with E-state index in [1.807, 2.05) is 24.3 Å². The minimum Gasteiger partial charge on any atom is -0.494 e. The zero-order chi connectivity index (χ0) is 18.9. The first-order chi connectivity index (χ1) is 13.3. The highest BCUT2D eigenvalue weighted by molar-refractivity contribution is 5.98. The second kappa shape index (κ2) is 9.92. The van der Waals surface area contributed by atoms with Gasteiger partial charge in [0.25, 0.3) is 0 Å². The van der Waals surface area contributed by atoms with Crippen LogP contribution in [-0.2, 0) is 4.74 Å². The number of nitrogens with zero attached hydrogens (tertiary/aromatic N) is 1. The van der Waals surface area contributed by atoms with Crippen LogP contribution in [0.5, 0.6) is 5.75 Å². The number of fused-ring (bicyclic) bond motifs is 1. The van der Waals surface area contributed by atoms with Crippen LogP contribution in [-0.4, -0.2) is 36.9 Å². The summed E-state index contributed by atoms with van der Waals surface area (Å²) in [5, 5.41) is 8.03. The number of amides is 1. The number of carbonyl (C=O) groups excluding carboxylic acids is 1. The third kappa shape index (κ3) is 5.69. The largest absolute Gasteiger partial charge is 0.494 e. The normalized spacial score (nSPS) is 14.2.